The SMILES string of the molecule is CC(C)S(=O)(=O)NC1CC1. The molecule has 0 radical (unpaired) electrons. The van der Waals surface area contributed by atoms with Crippen LogP contribution in [0.25, 0.3) is 0 Å². The second-order valence-electron chi connectivity index (χ2n) is 2.99. The van der Waals surface area contributed by atoms with E-state index in [1.807, 2.05) is 0 Å². The van der Waals surface area contributed by atoms with Crippen LogP contribution in [0.15, 0.2) is 0 Å². The minimum Gasteiger partial charge on any atom is -0.212 e. The molecule has 1 aliphatic carbocycles. The maximum Gasteiger partial charge on any atom is 0.214 e. The van der Waals surface area contributed by atoms with Gasteiger partial charge in [-0.3, -0.25) is 0 Å². The zero-order valence-electron chi connectivity index (χ0n) is 6.29. The smallest absolute Gasteiger partial charge is 0.212 e. The molecule has 3 nitrogen and oxygen atoms in total. The van der Waals surface area contributed by atoms with Gasteiger partial charge in [-0.15, -0.1) is 0 Å². The Morgan fingerprint density at radius 2 is 1.90 bits per heavy atom. The normalized spacial score (nSPS) is 19.9. The highest BCUT2D eigenvalue weighted by Gasteiger charge is 2.28. The highest BCUT2D eigenvalue weighted by Crippen LogP contribution is 2.20. The largest absolute Gasteiger partial charge is 0.214 e. The fourth-order valence-corrected chi connectivity index (χ4v) is 1.54. The molecule has 0 saturated heterocycles. The summed E-state index contributed by atoms with van der Waals surface area (Å²) in [7, 11) is -2.98. The van der Waals surface area contributed by atoms with Crippen molar-refractivity contribution in [3.8, 4) is 0 Å². The van der Waals surface area contributed by atoms with Crippen LogP contribution >= 0.6 is 0 Å². The quantitative estimate of drug-likeness (QED) is 0.657. The molecule has 10 heavy (non-hydrogen) atoms. The highest BCUT2D eigenvalue weighted by molar-refractivity contribution is 7.90. The summed E-state index contributed by atoms with van der Waals surface area (Å²) < 4.78 is 24.7. The van der Waals surface area contributed by atoms with Crippen LogP contribution in [-0.2, 0) is 10.0 Å². The predicted octanol–water partition coefficient (Wildman–Crippen LogP) is 0.477. The third-order valence-corrected chi connectivity index (χ3v) is 3.43. The second kappa shape index (κ2) is 2.51. The molecule has 0 heterocycles. The summed E-state index contributed by atoms with van der Waals surface area (Å²) in [5, 5.41) is -0.298. The van der Waals surface area contributed by atoms with Gasteiger partial charge in [-0.1, -0.05) is 0 Å². The molecule has 0 aromatic heterocycles. The number of hydrogen-bond donors (Lipinski definition) is 1. The van der Waals surface area contributed by atoms with Crippen molar-refractivity contribution < 1.29 is 8.42 Å². The van der Waals surface area contributed by atoms with Crippen molar-refractivity contribution >= 4 is 10.0 Å². The highest BCUT2D eigenvalue weighted by atomic mass is 32.2. The number of hydrogen-bond acceptors (Lipinski definition) is 2. The molecule has 0 aromatic carbocycles. The van der Waals surface area contributed by atoms with Crippen LogP contribution in [0.2, 0.25) is 0 Å². The summed E-state index contributed by atoms with van der Waals surface area (Å²) in [5.41, 5.74) is 0. The van der Waals surface area contributed by atoms with Crippen LogP contribution < -0.4 is 4.72 Å². The molecule has 0 spiro atoms. The van der Waals surface area contributed by atoms with E-state index < -0.39 is 10.0 Å². The van der Waals surface area contributed by atoms with Crippen LogP contribution in [0, 0.1) is 0 Å². The van der Waals surface area contributed by atoms with E-state index in [1.54, 1.807) is 13.8 Å². The molecule has 1 fully saturated rings. The van der Waals surface area contributed by atoms with E-state index in [0.717, 1.165) is 12.8 Å². The van der Waals surface area contributed by atoms with Crippen LogP contribution in [0.3, 0.4) is 0 Å². The minimum atomic E-state index is -2.98. The summed E-state index contributed by atoms with van der Waals surface area (Å²) in [5.74, 6) is 0. The van der Waals surface area contributed by atoms with Crippen LogP contribution in [0.4, 0.5) is 0 Å². The van der Waals surface area contributed by atoms with Crippen molar-refractivity contribution in [1.29, 1.82) is 0 Å². The summed E-state index contributed by atoms with van der Waals surface area (Å²) in [6.45, 7) is 3.37. The van der Waals surface area contributed by atoms with E-state index in [4.69, 9.17) is 0 Å². The second-order valence-corrected chi connectivity index (χ2v) is 5.25. The predicted molar refractivity (Wildman–Crippen MR) is 40.2 cm³/mol. The summed E-state index contributed by atoms with van der Waals surface area (Å²) in [4.78, 5) is 0. The fourth-order valence-electron chi connectivity index (χ4n) is 0.570. The Bertz CT molecular complexity index is 204. The van der Waals surface area contributed by atoms with E-state index in [9.17, 15) is 8.42 Å². The molecule has 0 amide bonds. The first-order valence-electron chi connectivity index (χ1n) is 3.53. The topological polar surface area (TPSA) is 46.2 Å². The zero-order chi connectivity index (χ0) is 7.78. The lowest BCUT2D eigenvalue weighted by molar-refractivity contribution is 0.572. The van der Waals surface area contributed by atoms with Crippen molar-refractivity contribution in [3.05, 3.63) is 0 Å². The van der Waals surface area contributed by atoms with Gasteiger partial charge in [0.15, 0.2) is 0 Å². The molecule has 0 atom stereocenters. The molecule has 1 rings (SSSR count). The minimum absolute atomic E-state index is 0.243. The molecule has 1 saturated carbocycles. The van der Waals surface area contributed by atoms with Gasteiger partial charge in [0.2, 0.25) is 10.0 Å². The van der Waals surface area contributed by atoms with Crippen LogP contribution in [0.1, 0.15) is 26.7 Å². The van der Waals surface area contributed by atoms with Gasteiger partial charge in [0, 0.05) is 6.04 Å². The molecular weight excluding hydrogens is 150 g/mol. The molecular formula is C6H13NO2S. The Kier molecular flexibility index (Phi) is 2.01. The van der Waals surface area contributed by atoms with Gasteiger partial charge in [-0.25, -0.2) is 13.1 Å². The van der Waals surface area contributed by atoms with E-state index in [1.165, 1.54) is 0 Å². The Morgan fingerprint density at radius 3 is 2.20 bits per heavy atom. The lowest BCUT2D eigenvalue weighted by Crippen LogP contribution is -2.32. The molecule has 0 aliphatic heterocycles. The fraction of sp³-hybridized carbons (Fsp3) is 1.00. The maximum atomic E-state index is 11.1. The van der Waals surface area contributed by atoms with Gasteiger partial charge in [0.25, 0.3) is 0 Å². The Labute approximate surface area is 61.9 Å². The molecule has 1 aliphatic rings. The van der Waals surface area contributed by atoms with Crippen molar-refractivity contribution in [2.75, 3.05) is 0 Å². The van der Waals surface area contributed by atoms with Gasteiger partial charge in [0.1, 0.15) is 0 Å². The molecule has 1 N–H and O–H groups in total. The van der Waals surface area contributed by atoms with Gasteiger partial charge < -0.3 is 0 Å². The first-order chi connectivity index (χ1) is 4.52. The Hall–Kier alpha value is -0.0900. The third kappa shape index (κ3) is 1.95. The number of rotatable bonds is 3. The third-order valence-electron chi connectivity index (χ3n) is 1.53. The maximum absolute atomic E-state index is 11.1. The van der Waals surface area contributed by atoms with Gasteiger partial charge >= 0.3 is 0 Å². The monoisotopic (exact) mass is 163 g/mol. The van der Waals surface area contributed by atoms with Crippen LogP contribution in [0.5, 0.6) is 0 Å². The summed E-state index contributed by atoms with van der Waals surface area (Å²) >= 11 is 0. The van der Waals surface area contributed by atoms with Crippen molar-refractivity contribution in [1.82, 2.24) is 4.72 Å². The Balaban J connectivity index is 2.50. The van der Waals surface area contributed by atoms with E-state index >= 15 is 0 Å². The molecule has 60 valence electrons. The lowest BCUT2D eigenvalue weighted by atomic mass is 10.6. The lowest BCUT2D eigenvalue weighted by Gasteiger charge is -2.06. The molecule has 4 heteroatoms. The van der Waals surface area contributed by atoms with Gasteiger partial charge in [-0.05, 0) is 26.7 Å². The summed E-state index contributed by atoms with van der Waals surface area (Å²) in [6, 6.07) is 0.243. The van der Waals surface area contributed by atoms with Crippen molar-refractivity contribution in [2.45, 2.75) is 38.0 Å². The Morgan fingerprint density at radius 1 is 1.40 bits per heavy atom. The standard InChI is InChI=1S/C6H13NO2S/c1-5(2)10(8,9)7-6-3-4-6/h5-7H,3-4H2,1-2H3. The average molecular weight is 163 g/mol. The first-order valence-corrected chi connectivity index (χ1v) is 5.08. The van der Waals surface area contributed by atoms with Gasteiger partial charge in [-0.2, -0.15) is 0 Å². The first kappa shape index (κ1) is 8.01. The van der Waals surface area contributed by atoms with Crippen LogP contribution in [-0.4, -0.2) is 19.7 Å². The van der Waals surface area contributed by atoms with Gasteiger partial charge in [0.05, 0.1) is 5.25 Å². The molecule has 0 bridgehead atoms. The zero-order valence-corrected chi connectivity index (χ0v) is 7.11. The molecule has 0 unspecified atom stereocenters. The van der Waals surface area contributed by atoms with E-state index in [-0.39, 0.29) is 11.3 Å². The van der Waals surface area contributed by atoms with E-state index in [2.05, 4.69) is 4.72 Å². The van der Waals surface area contributed by atoms with Crippen molar-refractivity contribution in [3.63, 3.8) is 0 Å². The van der Waals surface area contributed by atoms with Crippen molar-refractivity contribution in [2.24, 2.45) is 0 Å². The van der Waals surface area contributed by atoms with E-state index in [0.29, 0.717) is 0 Å². The molecule has 0 aromatic rings. The number of nitrogens with one attached hydrogen (secondary N) is 1. The summed E-state index contributed by atoms with van der Waals surface area (Å²) in [6.07, 6.45) is 2.01. The average Bonchev–Trinajstić information content (AvgIpc) is 2.48. The number of sulfonamides is 1.